The molecule has 7 heteroatoms. The Kier molecular flexibility index (Phi) is 9.22. The molecule has 5 nitrogen and oxygen atoms in total. The lowest BCUT2D eigenvalue weighted by Gasteiger charge is -2.44. The molecule has 0 saturated heterocycles. The van der Waals surface area contributed by atoms with E-state index in [1.54, 1.807) is 0 Å². The maximum atomic E-state index is 12.3. The molecular weight excluding hydrogens is 388 g/mol. The number of ether oxygens (including phenoxy) is 1. The SMILES string of the molecule is CC(C)(C)C(=O)OC[C@@H](O[Si](C)(C)C(C)(C)C)[C@@H](CO)O[Si](C)(C)C(C)(C)C. The number of rotatable bonds is 8. The molecule has 0 radical (unpaired) electrons. The van der Waals surface area contributed by atoms with Crippen LogP contribution < -0.4 is 0 Å². The van der Waals surface area contributed by atoms with Gasteiger partial charge in [-0.15, -0.1) is 0 Å². The van der Waals surface area contributed by atoms with Crippen LogP contribution in [0.15, 0.2) is 0 Å². The van der Waals surface area contributed by atoms with E-state index in [4.69, 9.17) is 13.6 Å². The first-order valence-electron chi connectivity index (χ1n) is 10.3. The van der Waals surface area contributed by atoms with Crippen molar-refractivity contribution in [1.82, 2.24) is 0 Å². The molecule has 0 saturated carbocycles. The number of carbonyl (C=O) groups is 1. The first-order chi connectivity index (χ1) is 12.2. The summed E-state index contributed by atoms with van der Waals surface area (Å²) in [5, 5.41) is 10.1. The van der Waals surface area contributed by atoms with Crippen LogP contribution in [0.3, 0.4) is 0 Å². The molecule has 0 unspecified atom stereocenters. The minimum Gasteiger partial charge on any atom is -0.462 e. The van der Waals surface area contributed by atoms with Gasteiger partial charge in [0.1, 0.15) is 12.7 Å². The highest BCUT2D eigenvalue weighted by molar-refractivity contribution is 6.74. The monoisotopic (exact) mass is 434 g/mol. The van der Waals surface area contributed by atoms with Gasteiger partial charge < -0.3 is 18.7 Å². The van der Waals surface area contributed by atoms with Gasteiger partial charge in [0, 0.05) is 0 Å². The van der Waals surface area contributed by atoms with Crippen molar-refractivity contribution in [1.29, 1.82) is 0 Å². The van der Waals surface area contributed by atoms with Gasteiger partial charge >= 0.3 is 5.97 Å². The van der Waals surface area contributed by atoms with Gasteiger partial charge in [0.2, 0.25) is 0 Å². The average Bonchev–Trinajstić information content (AvgIpc) is 2.45. The lowest BCUT2D eigenvalue weighted by molar-refractivity contribution is -0.157. The molecule has 28 heavy (non-hydrogen) atoms. The fourth-order valence-electron chi connectivity index (χ4n) is 1.93. The minimum atomic E-state index is -2.15. The summed E-state index contributed by atoms with van der Waals surface area (Å²) in [7, 11) is -4.28. The molecule has 0 aliphatic rings. The van der Waals surface area contributed by atoms with Gasteiger partial charge in [-0.05, 0) is 57.0 Å². The first kappa shape index (κ1) is 27.8. The number of aliphatic hydroxyl groups excluding tert-OH is 1. The Morgan fingerprint density at radius 2 is 1.14 bits per heavy atom. The van der Waals surface area contributed by atoms with Crippen LogP contribution in [0.2, 0.25) is 36.3 Å². The third-order valence-corrected chi connectivity index (χ3v) is 15.1. The summed E-state index contributed by atoms with van der Waals surface area (Å²) < 4.78 is 18.7. The standard InChI is InChI=1S/C21H46O5Si2/c1-19(2,3)18(23)24-15-17(26-28(12,13)21(7,8)9)16(14-22)25-27(10,11)20(4,5)6/h16-17,22H,14-15H2,1-13H3/t16-,17-/m1/s1. The fourth-order valence-corrected chi connectivity index (χ4v) is 4.60. The smallest absolute Gasteiger partial charge is 0.311 e. The Bertz CT molecular complexity index is 510. The van der Waals surface area contributed by atoms with Crippen molar-refractivity contribution in [3.8, 4) is 0 Å². The van der Waals surface area contributed by atoms with Gasteiger partial charge in [0.15, 0.2) is 16.6 Å². The zero-order chi connectivity index (χ0) is 22.8. The second kappa shape index (κ2) is 9.29. The van der Waals surface area contributed by atoms with Gasteiger partial charge in [-0.1, -0.05) is 41.5 Å². The van der Waals surface area contributed by atoms with E-state index in [0.717, 1.165) is 0 Å². The molecule has 1 N–H and O–H groups in total. The Morgan fingerprint density at radius 3 is 1.43 bits per heavy atom. The summed E-state index contributed by atoms with van der Waals surface area (Å²) >= 11 is 0. The number of hydrogen-bond donors (Lipinski definition) is 1. The van der Waals surface area contributed by atoms with E-state index >= 15 is 0 Å². The molecule has 0 aromatic carbocycles. The molecule has 0 aliphatic heterocycles. The molecule has 0 aromatic rings. The lowest BCUT2D eigenvalue weighted by atomic mass is 9.97. The number of aliphatic hydroxyl groups is 1. The summed E-state index contributed by atoms with van der Waals surface area (Å²) in [6.45, 7) is 27.0. The van der Waals surface area contributed by atoms with Gasteiger partial charge in [0.05, 0.1) is 18.1 Å². The fraction of sp³-hybridized carbons (Fsp3) is 0.952. The predicted octanol–water partition coefficient (Wildman–Crippen LogP) is 5.35. The van der Waals surface area contributed by atoms with E-state index in [1.807, 2.05) is 20.8 Å². The molecule has 0 aromatic heterocycles. The lowest BCUT2D eigenvalue weighted by Crippen LogP contribution is -2.54. The van der Waals surface area contributed by atoms with Gasteiger partial charge in [-0.2, -0.15) is 0 Å². The molecule has 2 atom stereocenters. The maximum Gasteiger partial charge on any atom is 0.311 e. The Hall–Kier alpha value is -0.216. The van der Waals surface area contributed by atoms with E-state index in [2.05, 4.69) is 67.7 Å². The van der Waals surface area contributed by atoms with Crippen molar-refractivity contribution >= 4 is 22.6 Å². The van der Waals surface area contributed by atoms with Crippen LogP contribution in [-0.4, -0.2) is 53.1 Å². The summed E-state index contributed by atoms with van der Waals surface area (Å²) in [6.07, 6.45) is -1.02. The first-order valence-corrected chi connectivity index (χ1v) is 16.1. The molecule has 0 amide bonds. The highest BCUT2D eigenvalue weighted by atomic mass is 28.4. The van der Waals surface area contributed by atoms with Crippen LogP contribution in [0.1, 0.15) is 62.3 Å². The second-order valence-electron chi connectivity index (χ2n) is 11.9. The van der Waals surface area contributed by atoms with E-state index in [-0.39, 0.29) is 29.3 Å². The summed E-state index contributed by atoms with van der Waals surface area (Å²) in [5.41, 5.74) is -0.587. The van der Waals surface area contributed by atoms with Crippen LogP contribution in [0.5, 0.6) is 0 Å². The van der Waals surface area contributed by atoms with Gasteiger partial charge in [-0.25, -0.2) is 0 Å². The highest BCUT2D eigenvalue weighted by Crippen LogP contribution is 2.40. The maximum absolute atomic E-state index is 12.3. The third-order valence-electron chi connectivity index (χ3n) is 6.09. The van der Waals surface area contributed by atoms with Crippen LogP contribution in [0, 0.1) is 5.41 Å². The molecule has 0 spiro atoms. The van der Waals surface area contributed by atoms with Crippen molar-refractivity contribution in [3.05, 3.63) is 0 Å². The van der Waals surface area contributed by atoms with Crippen molar-refractivity contribution in [3.63, 3.8) is 0 Å². The summed E-state index contributed by atoms with van der Waals surface area (Å²) in [5.74, 6) is -0.277. The number of hydrogen-bond acceptors (Lipinski definition) is 5. The minimum absolute atomic E-state index is 0.00371. The van der Waals surface area contributed by atoms with Gasteiger partial charge in [-0.3, -0.25) is 4.79 Å². The molecule has 0 bridgehead atoms. The van der Waals surface area contributed by atoms with Crippen LogP contribution in [0.25, 0.3) is 0 Å². The van der Waals surface area contributed by atoms with Crippen molar-refractivity contribution < 1.29 is 23.5 Å². The van der Waals surface area contributed by atoms with E-state index in [0.29, 0.717) is 0 Å². The van der Waals surface area contributed by atoms with Crippen LogP contribution in [0.4, 0.5) is 0 Å². The van der Waals surface area contributed by atoms with Crippen molar-refractivity contribution in [2.75, 3.05) is 13.2 Å². The van der Waals surface area contributed by atoms with Crippen LogP contribution >= 0.6 is 0 Å². The average molecular weight is 435 g/mol. The largest absolute Gasteiger partial charge is 0.462 e. The van der Waals surface area contributed by atoms with Gasteiger partial charge in [0.25, 0.3) is 0 Å². The third kappa shape index (κ3) is 7.90. The molecule has 0 heterocycles. The quantitative estimate of drug-likeness (QED) is 0.412. The molecule has 0 fully saturated rings. The molecular formula is C21H46O5Si2. The Balaban J connectivity index is 5.69. The zero-order valence-corrected chi connectivity index (χ0v) is 22.6. The number of esters is 1. The van der Waals surface area contributed by atoms with Crippen molar-refractivity contribution in [2.45, 2.75) is 111 Å². The van der Waals surface area contributed by atoms with E-state index in [9.17, 15) is 9.90 Å². The topological polar surface area (TPSA) is 65.0 Å². The normalized spacial score (nSPS) is 16.6. The molecule has 0 rings (SSSR count). The van der Waals surface area contributed by atoms with Crippen LogP contribution in [-0.2, 0) is 18.4 Å². The van der Waals surface area contributed by atoms with E-state index < -0.39 is 34.3 Å². The highest BCUT2D eigenvalue weighted by Gasteiger charge is 2.45. The molecule has 0 aliphatic carbocycles. The predicted molar refractivity (Wildman–Crippen MR) is 122 cm³/mol. The van der Waals surface area contributed by atoms with Crippen molar-refractivity contribution in [2.24, 2.45) is 5.41 Å². The Labute approximate surface area is 175 Å². The summed E-state index contributed by atoms with van der Waals surface area (Å²) in [4.78, 5) is 12.3. The second-order valence-corrected chi connectivity index (χ2v) is 21.4. The Morgan fingerprint density at radius 1 is 0.786 bits per heavy atom. The summed E-state index contributed by atoms with van der Waals surface area (Å²) in [6, 6.07) is 0. The van der Waals surface area contributed by atoms with E-state index in [1.165, 1.54) is 0 Å². The molecule has 168 valence electrons. The zero-order valence-electron chi connectivity index (χ0n) is 20.6. The number of carbonyl (C=O) groups excluding carboxylic acids is 1.